The van der Waals surface area contributed by atoms with Gasteiger partial charge in [-0.2, -0.15) is 0 Å². The van der Waals surface area contributed by atoms with Crippen LogP contribution in [0.5, 0.6) is 0 Å². The summed E-state index contributed by atoms with van der Waals surface area (Å²) in [6, 6.07) is 5.16. The molecule has 0 radical (unpaired) electrons. The van der Waals surface area contributed by atoms with E-state index in [0.29, 0.717) is 24.8 Å². The van der Waals surface area contributed by atoms with Crippen molar-refractivity contribution in [2.75, 3.05) is 25.6 Å². The highest BCUT2D eigenvalue weighted by atomic mass is 19.1. The van der Waals surface area contributed by atoms with Gasteiger partial charge in [-0.1, -0.05) is 6.07 Å². The standard InChI is InChI=1S/C14H18FN3O/c1-10-4-5-13(12(15)8-10)18-9-11(2)17-14(18)16-6-7-19-3/h4-5,8-9H,6-7H2,1-3H3,(H,16,17). The Kier molecular flexibility index (Phi) is 4.16. The molecule has 0 aliphatic carbocycles. The fraction of sp³-hybridized carbons (Fsp3) is 0.357. The Morgan fingerprint density at radius 3 is 2.84 bits per heavy atom. The number of ether oxygens (including phenoxy) is 1. The van der Waals surface area contributed by atoms with Gasteiger partial charge in [0.2, 0.25) is 5.95 Å². The maximum atomic E-state index is 14.0. The van der Waals surface area contributed by atoms with E-state index in [2.05, 4.69) is 10.3 Å². The van der Waals surface area contributed by atoms with Crippen LogP contribution in [0.3, 0.4) is 0 Å². The van der Waals surface area contributed by atoms with Crippen molar-refractivity contribution in [1.82, 2.24) is 9.55 Å². The molecule has 2 rings (SSSR count). The van der Waals surface area contributed by atoms with Gasteiger partial charge in [0.25, 0.3) is 0 Å². The van der Waals surface area contributed by atoms with Crippen molar-refractivity contribution in [1.29, 1.82) is 0 Å². The summed E-state index contributed by atoms with van der Waals surface area (Å²) in [5, 5.41) is 3.14. The van der Waals surface area contributed by atoms with E-state index in [1.165, 1.54) is 6.07 Å². The van der Waals surface area contributed by atoms with E-state index in [1.54, 1.807) is 17.7 Å². The van der Waals surface area contributed by atoms with E-state index < -0.39 is 0 Å². The third-order valence-corrected chi connectivity index (χ3v) is 2.78. The largest absolute Gasteiger partial charge is 0.383 e. The molecule has 0 unspecified atom stereocenters. The smallest absolute Gasteiger partial charge is 0.207 e. The second-order valence-corrected chi connectivity index (χ2v) is 4.45. The first-order valence-electron chi connectivity index (χ1n) is 6.17. The maximum absolute atomic E-state index is 14.0. The molecule has 0 saturated carbocycles. The number of benzene rings is 1. The minimum Gasteiger partial charge on any atom is -0.383 e. The highest BCUT2D eigenvalue weighted by molar-refractivity contribution is 5.45. The van der Waals surface area contributed by atoms with E-state index in [0.717, 1.165) is 11.3 Å². The van der Waals surface area contributed by atoms with Crippen LogP contribution < -0.4 is 5.32 Å². The van der Waals surface area contributed by atoms with Gasteiger partial charge in [0.15, 0.2) is 0 Å². The zero-order chi connectivity index (χ0) is 13.8. The van der Waals surface area contributed by atoms with Crippen LogP contribution in [-0.2, 0) is 4.74 Å². The van der Waals surface area contributed by atoms with Gasteiger partial charge in [-0.15, -0.1) is 0 Å². The predicted molar refractivity (Wildman–Crippen MR) is 73.4 cm³/mol. The van der Waals surface area contributed by atoms with Crippen LogP contribution in [-0.4, -0.2) is 29.8 Å². The molecule has 0 fully saturated rings. The summed E-state index contributed by atoms with van der Waals surface area (Å²) in [6.07, 6.45) is 1.81. The average molecular weight is 263 g/mol. The fourth-order valence-corrected chi connectivity index (χ4v) is 1.88. The third kappa shape index (κ3) is 3.12. The minimum absolute atomic E-state index is 0.257. The molecule has 0 spiro atoms. The molecular formula is C14H18FN3O. The van der Waals surface area contributed by atoms with Crippen LogP contribution in [0.4, 0.5) is 10.3 Å². The Hall–Kier alpha value is -1.88. The number of imidazole rings is 1. The van der Waals surface area contributed by atoms with Crippen molar-refractivity contribution in [2.45, 2.75) is 13.8 Å². The van der Waals surface area contributed by atoms with E-state index >= 15 is 0 Å². The van der Waals surface area contributed by atoms with Crippen molar-refractivity contribution < 1.29 is 9.13 Å². The number of hydrogen-bond donors (Lipinski definition) is 1. The van der Waals surface area contributed by atoms with Crippen LogP contribution in [0.2, 0.25) is 0 Å². The molecule has 102 valence electrons. The number of rotatable bonds is 5. The lowest BCUT2D eigenvalue weighted by atomic mass is 10.2. The van der Waals surface area contributed by atoms with Gasteiger partial charge >= 0.3 is 0 Å². The van der Waals surface area contributed by atoms with Crippen molar-refractivity contribution in [3.05, 3.63) is 41.5 Å². The number of nitrogens with one attached hydrogen (secondary N) is 1. The molecule has 1 N–H and O–H groups in total. The Labute approximate surface area is 112 Å². The normalized spacial score (nSPS) is 10.7. The van der Waals surface area contributed by atoms with Gasteiger partial charge in [-0.3, -0.25) is 4.57 Å². The van der Waals surface area contributed by atoms with E-state index in [4.69, 9.17) is 4.74 Å². The number of nitrogens with zero attached hydrogens (tertiary/aromatic N) is 2. The highest BCUT2D eigenvalue weighted by Crippen LogP contribution is 2.20. The second-order valence-electron chi connectivity index (χ2n) is 4.45. The zero-order valence-electron chi connectivity index (χ0n) is 11.4. The van der Waals surface area contributed by atoms with Crippen molar-refractivity contribution in [3.8, 4) is 5.69 Å². The number of halogens is 1. The van der Waals surface area contributed by atoms with Crippen LogP contribution in [0.1, 0.15) is 11.3 Å². The first-order chi connectivity index (χ1) is 9.11. The summed E-state index contributed by atoms with van der Waals surface area (Å²) in [7, 11) is 1.64. The topological polar surface area (TPSA) is 39.1 Å². The Bertz CT molecular complexity index is 566. The molecule has 0 atom stereocenters. The van der Waals surface area contributed by atoms with Gasteiger partial charge in [0.1, 0.15) is 5.82 Å². The molecule has 5 heteroatoms. The molecule has 1 aromatic carbocycles. The molecule has 0 aliphatic rings. The van der Waals surface area contributed by atoms with Crippen molar-refractivity contribution in [2.24, 2.45) is 0 Å². The lowest BCUT2D eigenvalue weighted by molar-refractivity contribution is 0.210. The van der Waals surface area contributed by atoms with Gasteiger partial charge in [0.05, 0.1) is 18.0 Å². The SMILES string of the molecule is COCCNc1nc(C)cn1-c1ccc(C)cc1F. The number of hydrogen-bond acceptors (Lipinski definition) is 3. The van der Waals surface area contributed by atoms with Gasteiger partial charge in [-0.05, 0) is 31.5 Å². The van der Waals surface area contributed by atoms with Gasteiger partial charge in [-0.25, -0.2) is 9.37 Å². The van der Waals surface area contributed by atoms with Gasteiger partial charge in [0, 0.05) is 19.9 Å². The Balaban J connectivity index is 2.32. The molecule has 1 heterocycles. The highest BCUT2D eigenvalue weighted by Gasteiger charge is 2.11. The molecule has 0 amide bonds. The summed E-state index contributed by atoms with van der Waals surface area (Å²) >= 11 is 0. The third-order valence-electron chi connectivity index (χ3n) is 2.78. The van der Waals surface area contributed by atoms with E-state index in [9.17, 15) is 4.39 Å². The summed E-state index contributed by atoms with van der Waals surface area (Å²) in [4.78, 5) is 4.35. The van der Waals surface area contributed by atoms with Crippen LogP contribution in [0.25, 0.3) is 5.69 Å². The number of methoxy groups -OCH3 is 1. The van der Waals surface area contributed by atoms with E-state index in [-0.39, 0.29) is 5.82 Å². The number of anilines is 1. The molecule has 0 saturated heterocycles. The summed E-state index contributed by atoms with van der Waals surface area (Å²) < 4.78 is 20.7. The monoisotopic (exact) mass is 263 g/mol. The number of aromatic nitrogens is 2. The first kappa shape index (κ1) is 13.5. The minimum atomic E-state index is -0.257. The molecule has 19 heavy (non-hydrogen) atoms. The zero-order valence-corrected chi connectivity index (χ0v) is 11.4. The fourth-order valence-electron chi connectivity index (χ4n) is 1.88. The summed E-state index contributed by atoms with van der Waals surface area (Å²) in [5.74, 6) is 0.365. The van der Waals surface area contributed by atoms with Gasteiger partial charge < -0.3 is 10.1 Å². The maximum Gasteiger partial charge on any atom is 0.207 e. The summed E-state index contributed by atoms with van der Waals surface area (Å²) in [5.41, 5.74) is 2.22. The molecular weight excluding hydrogens is 245 g/mol. The van der Waals surface area contributed by atoms with Crippen molar-refractivity contribution in [3.63, 3.8) is 0 Å². The first-order valence-corrected chi connectivity index (χ1v) is 6.17. The molecule has 0 bridgehead atoms. The number of aryl methyl sites for hydroxylation is 2. The summed E-state index contributed by atoms with van der Waals surface area (Å²) in [6.45, 7) is 4.94. The predicted octanol–water partition coefficient (Wildman–Crippen LogP) is 2.69. The molecule has 0 aliphatic heterocycles. The molecule has 2 aromatic rings. The lowest BCUT2D eigenvalue weighted by Crippen LogP contribution is -2.12. The Morgan fingerprint density at radius 2 is 2.16 bits per heavy atom. The average Bonchev–Trinajstić information content (AvgIpc) is 2.71. The lowest BCUT2D eigenvalue weighted by Gasteiger charge is -2.10. The van der Waals surface area contributed by atoms with Crippen LogP contribution in [0, 0.1) is 19.7 Å². The second kappa shape index (κ2) is 5.84. The quantitative estimate of drug-likeness (QED) is 0.843. The molecule has 1 aromatic heterocycles. The Morgan fingerprint density at radius 1 is 1.37 bits per heavy atom. The van der Waals surface area contributed by atoms with Crippen molar-refractivity contribution >= 4 is 5.95 Å². The van der Waals surface area contributed by atoms with Crippen LogP contribution >= 0.6 is 0 Å². The van der Waals surface area contributed by atoms with Crippen LogP contribution in [0.15, 0.2) is 24.4 Å². The molecule has 4 nitrogen and oxygen atoms in total. The van der Waals surface area contributed by atoms with E-state index in [1.807, 2.05) is 26.1 Å².